The van der Waals surface area contributed by atoms with Gasteiger partial charge in [-0.25, -0.2) is 15.0 Å². The maximum Gasteiger partial charge on any atom is 0.223 e. The molecule has 3 N–H and O–H groups in total. The van der Waals surface area contributed by atoms with Gasteiger partial charge in [-0.2, -0.15) is 0 Å². The number of hydrogen-bond acceptors (Lipinski definition) is 6. The number of anilines is 1. The fraction of sp³-hybridized carbons (Fsp3) is 0.333. The maximum absolute atomic E-state index is 5.56. The maximum atomic E-state index is 5.56. The highest BCUT2D eigenvalue weighted by molar-refractivity contribution is 7.80. The summed E-state index contributed by atoms with van der Waals surface area (Å²) in [7, 11) is 0. The lowest BCUT2D eigenvalue weighted by molar-refractivity contribution is 0.478. The van der Waals surface area contributed by atoms with Crippen LogP contribution in [0.4, 0.5) is 5.95 Å². The zero-order chi connectivity index (χ0) is 14.0. The van der Waals surface area contributed by atoms with Crippen LogP contribution in [0.5, 0.6) is 0 Å². The Morgan fingerprint density at radius 2 is 2.05 bits per heavy atom. The fourth-order valence-corrected chi connectivity index (χ4v) is 1.65. The Morgan fingerprint density at radius 3 is 2.63 bits per heavy atom. The van der Waals surface area contributed by atoms with Gasteiger partial charge in [0.1, 0.15) is 16.4 Å². The van der Waals surface area contributed by atoms with Gasteiger partial charge in [0, 0.05) is 5.69 Å². The van der Waals surface area contributed by atoms with Crippen LogP contribution in [0, 0.1) is 20.8 Å². The minimum Gasteiger partial charge on any atom is -0.444 e. The van der Waals surface area contributed by atoms with Crippen LogP contribution >= 0.6 is 12.2 Å². The van der Waals surface area contributed by atoms with E-state index in [0.717, 1.165) is 17.1 Å². The molecule has 100 valence electrons. The zero-order valence-corrected chi connectivity index (χ0v) is 11.8. The van der Waals surface area contributed by atoms with Gasteiger partial charge in [-0.05, 0) is 26.8 Å². The normalized spacial score (nSPS) is 10.5. The Bertz CT molecular complexity index is 603. The molecule has 0 atom stereocenters. The van der Waals surface area contributed by atoms with Crippen molar-refractivity contribution in [3.63, 3.8) is 0 Å². The molecule has 0 radical (unpaired) electrons. The van der Waals surface area contributed by atoms with Gasteiger partial charge >= 0.3 is 0 Å². The van der Waals surface area contributed by atoms with Gasteiger partial charge in [0.15, 0.2) is 0 Å². The summed E-state index contributed by atoms with van der Waals surface area (Å²) in [6.07, 6.45) is 0. The minimum atomic E-state index is 0.247. The third kappa shape index (κ3) is 3.25. The SMILES string of the molecule is Cc1cc(C(N)=S)nc(NCc2nc(C)c(C)o2)n1. The second-order valence-corrected chi connectivity index (χ2v) is 4.63. The number of nitrogens with zero attached hydrogens (tertiary/aromatic N) is 3. The van der Waals surface area contributed by atoms with Crippen molar-refractivity contribution in [1.29, 1.82) is 0 Å². The van der Waals surface area contributed by atoms with Crippen molar-refractivity contribution in [2.24, 2.45) is 5.73 Å². The lowest BCUT2D eigenvalue weighted by atomic mass is 10.3. The van der Waals surface area contributed by atoms with E-state index in [2.05, 4.69) is 20.3 Å². The Morgan fingerprint density at radius 1 is 1.32 bits per heavy atom. The minimum absolute atomic E-state index is 0.247. The molecule has 0 aliphatic rings. The number of oxazole rings is 1. The van der Waals surface area contributed by atoms with Crippen molar-refractivity contribution in [2.75, 3.05) is 5.32 Å². The van der Waals surface area contributed by atoms with E-state index in [4.69, 9.17) is 22.4 Å². The average molecular weight is 277 g/mol. The highest BCUT2D eigenvalue weighted by Gasteiger charge is 2.08. The molecule has 0 saturated carbocycles. The predicted molar refractivity (Wildman–Crippen MR) is 76.0 cm³/mol. The summed E-state index contributed by atoms with van der Waals surface area (Å²) < 4.78 is 5.46. The standard InChI is InChI=1S/C12H15N5OS/c1-6-4-9(11(13)19)17-12(15-6)14-5-10-16-7(2)8(3)18-10/h4H,5H2,1-3H3,(H2,13,19)(H,14,15,17). The molecule has 0 bridgehead atoms. The Hall–Kier alpha value is -2.02. The van der Waals surface area contributed by atoms with Gasteiger partial charge in [-0.15, -0.1) is 0 Å². The topological polar surface area (TPSA) is 89.9 Å². The third-order valence-corrected chi connectivity index (χ3v) is 2.79. The third-order valence-electron chi connectivity index (χ3n) is 2.58. The molecule has 2 rings (SSSR count). The van der Waals surface area contributed by atoms with Crippen molar-refractivity contribution < 1.29 is 4.42 Å². The number of aryl methyl sites for hydroxylation is 3. The molecular weight excluding hydrogens is 262 g/mol. The van der Waals surface area contributed by atoms with E-state index in [1.54, 1.807) is 6.07 Å². The highest BCUT2D eigenvalue weighted by atomic mass is 32.1. The van der Waals surface area contributed by atoms with Gasteiger partial charge in [0.25, 0.3) is 0 Å². The number of hydrogen-bond donors (Lipinski definition) is 2. The smallest absolute Gasteiger partial charge is 0.223 e. The van der Waals surface area contributed by atoms with Crippen molar-refractivity contribution in [1.82, 2.24) is 15.0 Å². The van der Waals surface area contributed by atoms with E-state index < -0.39 is 0 Å². The number of thiocarbonyl (C=S) groups is 1. The molecule has 2 heterocycles. The van der Waals surface area contributed by atoms with Crippen molar-refractivity contribution in [3.8, 4) is 0 Å². The first-order chi connectivity index (χ1) is 8.95. The Labute approximate surface area is 116 Å². The van der Waals surface area contributed by atoms with Crippen LogP contribution in [0.25, 0.3) is 0 Å². The van der Waals surface area contributed by atoms with E-state index in [0.29, 0.717) is 24.1 Å². The van der Waals surface area contributed by atoms with Crippen LogP contribution < -0.4 is 11.1 Å². The van der Waals surface area contributed by atoms with Crippen LogP contribution in [0.15, 0.2) is 10.5 Å². The molecule has 0 fully saturated rings. The van der Waals surface area contributed by atoms with Crippen molar-refractivity contribution >= 4 is 23.2 Å². The number of nitrogens with two attached hydrogens (primary N) is 1. The molecule has 2 aromatic rings. The number of rotatable bonds is 4. The van der Waals surface area contributed by atoms with Gasteiger partial charge in [-0.3, -0.25) is 0 Å². The molecule has 0 unspecified atom stereocenters. The molecule has 19 heavy (non-hydrogen) atoms. The zero-order valence-electron chi connectivity index (χ0n) is 11.0. The summed E-state index contributed by atoms with van der Waals surface area (Å²) in [6, 6.07) is 1.74. The first-order valence-electron chi connectivity index (χ1n) is 5.78. The lowest BCUT2D eigenvalue weighted by Gasteiger charge is -2.05. The van der Waals surface area contributed by atoms with Crippen LogP contribution in [-0.4, -0.2) is 19.9 Å². The summed E-state index contributed by atoms with van der Waals surface area (Å²) in [5, 5.41) is 3.04. The van der Waals surface area contributed by atoms with E-state index in [-0.39, 0.29) is 4.99 Å². The fourth-order valence-electron chi connectivity index (χ4n) is 1.54. The van der Waals surface area contributed by atoms with Gasteiger partial charge in [-0.1, -0.05) is 12.2 Å². The lowest BCUT2D eigenvalue weighted by Crippen LogP contribution is -2.14. The molecule has 6 nitrogen and oxygen atoms in total. The first kappa shape index (κ1) is 13.4. The van der Waals surface area contributed by atoms with Crippen LogP contribution in [-0.2, 0) is 6.54 Å². The Balaban J connectivity index is 2.13. The molecule has 0 amide bonds. The van der Waals surface area contributed by atoms with Gasteiger partial charge in [0.05, 0.1) is 12.2 Å². The predicted octanol–water partition coefficient (Wildman–Crippen LogP) is 1.64. The first-order valence-corrected chi connectivity index (χ1v) is 6.19. The van der Waals surface area contributed by atoms with E-state index in [9.17, 15) is 0 Å². The van der Waals surface area contributed by atoms with E-state index in [1.165, 1.54) is 0 Å². The van der Waals surface area contributed by atoms with Crippen LogP contribution in [0.2, 0.25) is 0 Å². The summed E-state index contributed by atoms with van der Waals surface area (Å²) in [5.41, 5.74) is 7.78. The number of aromatic nitrogens is 3. The molecule has 0 spiro atoms. The monoisotopic (exact) mass is 277 g/mol. The molecular formula is C12H15N5OS. The largest absolute Gasteiger partial charge is 0.444 e. The van der Waals surface area contributed by atoms with E-state index >= 15 is 0 Å². The van der Waals surface area contributed by atoms with Crippen molar-refractivity contribution in [3.05, 3.63) is 34.8 Å². The Kier molecular flexibility index (Phi) is 3.75. The number of nitrogens with one attached hydrogen (secondary N) is 1. The molecule has 0 aliphatic heterocycles. The summed E-state index contributed by atoms with van der Waals surface area (Å²) in [6.45, 7) is 6.04. The molecule has 0 aliphatic carbocycles. The second-order valence-electron chi connectivity index (χ2n) is 4.19. The van der Waals surface area contributed by atoms with E-state index in [1.807, 2.05) is 20.8 Å². The van der Waals surface area contributed by atoms with Crippen molar-refractivity contribution in [2.45, 2.75) is 27.3 Å². The summed E-state index contributed by atoms with van der Waals surface area (Å²) in [4.78, 5) is 13.0. The molecule has 0 aromatic carbocycles. The highest BCUT2D eigenvalue weighted by Crippen LogP contribution is 2.10. The second kappa shape index (κ2) is 5.31. The molecule has 2 aromatic heterocycles. The summed E-state index contributed by atoms with van der Waals surface area (Å²) in [5.74, 6) is 1.86. The van der Waals surface area contributed by atoms with Gasteiger partial charge < -0.3 is 15.5 Å². The average Bonchev–Trinajstić information content (AvgIpc) is 2.65. The van der Waals surface area contributed by atoms with Crippen LogP contribution in [0.3, 0.4) is 0 Å². The molecule has 0 saturated heterocycles. The summed E-state index contributed by atoms with van der Waals surface area (Å²) >= 11 is 4.91. The van der Waals surface area contributed by atoms with Gasteiger partial charge in [0.2, 0.25) is 11.8 Å². The molecule has 7 heteroatoms. The van der Waals surface area contributed by atoms with Crippen LogP contribution in [0.1, 0.15) is 28.7 Å². The quantitative estimate of drug-likeness (QED) is 0.821.